The second-order valence-electron chi connectivity index (χ2n) is 27.7. The number of nitrogens with zero attached hydrogens (tertiary/aromatic N) is 8. The third kappa shape index (κ3) is 19.3. The summed E-state index contributed by atoms with van der Waals surface area (Å²) in [6.45, 7) is 31.1. The van der Waals surface area contributed by atoms with E-state index in [0.717, 1.165) is 32.6 Å². The summed E-state index contributed by atoms with van der Waals surface area (Å²) in [6.07, 6.45) is 1.28. The van der Waals surface area contributed by atoms with Gasteiger partial charge in [-0.25, -0.2) is 29.1 Å². The predicted octanol–water partition coefficient (Wildman–Crippen LogP) is 8.75. The Hall–Kier alpha value is -7.38. The van der Waals surface area contributed by atoms with E-state index in [0.29, 0.717) is 24.2 Å². The first-order valence-corrected chi connectivity index (χ1v) is 31.1. The lowest BCUT2D eigenvalue weighted by atomic mass is 9.95. The van der Waals surface area contributed by atoms with Crippen LogP contribution in [0.2, 0.25) is 0 Å². The van der Waals surface area contributed by atoms with Gasteiger partial charge in [-0.2, -0.15) is 0 Å². The van der Waals surface area contributed by atoms with Crippen LogP contribution < -0.4 is 0 Å². The monoisotopic (exact) mass is 1220 g/mol. The van der Waals surface area contributed by atoms with Gasteiger partial charge in [0.25, 0.3) is 23.6 Å². The van der Waals surface area contributed by atoms with Crippen molar-refractivity contribution in [2.45, 2.75) is 222 Å². The average Bonchev–Trinajstić information content (AvgIpc) is 2.07. The summed E-state index contributed by atoms with van der Waals surface area (Å²) in [4.78, 5) is 132. The van der Waals surface area contributed by atoms with Gasteiger partial charge in [0.15, 0.2) is 24.4 Å². The van der Waals surface area contributed by atoms with Crippen molar-refractivity contribution in [2.24, 2.45) is 23.7 Å². The van der Waals surface area contributed by atoms with Crippen molar-refractivity contribution in [1.82, 2.24) is 38.7 Å². The maximum atomic E-state index is 15.2. The van der Waals surface area contributed by atoms with E-state index in [1.165, 1.54) is 51.8 Å². The fraction of sp³-hybridized carbons (Fsp3) is 0.618. The highest BCUT2D eigenvalue weighted by Crippen LogP contribution is 2.27. The number of benzene rings is 2. The van der Waals surface area contributed by atoms with Crippen LogP contribution in [0.25, 0.3) is 0 Å². The number of ether oxygens (including phenoxy) is 4. The van der Waals surface area contributed by atoms with Gasteiger partial charge >= 0.3 is 23.9 Å². The Balaban J connectivity index is 1.61. The molecule has 5 rings (SSSR count). The lowest BCUT2D eigenvalue weighted by Gasteiger charge is -2.35. The second kappa shape index (κ2) is 30.7. The fourth-order valence-electron chi connectivity index (χ4n) is 11.1. The highest BCUT2D eigenvalue weighted by atomic mass is 16.6. The number of esters is 4. The molecule has 0 radical (unpaired) electrons. The molecule has 3 heterocycles. The molecule has 1 fully saturated rings. The van der Waals surface area contributed by atoms with Gasteiger partial charge in [-0.15, -0.1) is 0 Å². The smallest absolute Gasteiger partial charge is 0.329 e. The largest absolute Gasteiger partial charge is 0.451 e. The first kappa shape index (κ1) is 71.4. The van der Waals surface area contributed by atoms with Gasteiger partial charge in [0.05, 0.1) is 0 Å². The van der Waals surface area contributed by atoms with E-state index in [9.17, 15) is 28.8 Å². The standard InChI is InChI=1S/C68H100N8O12/c1-41(2)32-51-61(81)85-46(10)58(78)72(18)54(35-44(7)8)64(84)88-56(38-49-22-21-23-50(36-49)40-76-31-29-70-66(76)68(14,15)16)60(80)74(20)52(33-42(3)4)62(82)86-45(9)57(77)71(17)53(34-43(5)6)63(83)87-55(59(79)73(51)19)37-47-24-26-48(27-25-47)39-75-30-28-69-65(75)67(11,12)13/h21-31,36,41-46,51-56H,32-35,37-40H2,1-20H3/t45-,46-,51+,52+,53+,54+,55-,56-/m1/s1. The lowest BCUT2D eigenvalue weighted by Crippen LogP contribution is -2.55. The summed E-state index contributed by atoms with van der Waals surface area (Å²) < 4.78 is 28.6. The van der Waals surface area contributed by atoms with E-state index < -0.39 is 96.1 Å². The van der Waals surface area contributed by atoms with Crippen molar-refractivity contribution in [2.75, 3.05) is 28.2 Å². The third-order valence-corrected chi connectivity index (χ3v) is 15.8. The van der Waals surface area contributed by atoms with Crippen molar-refractivity contribution < 1.29 is 57.3 Å². The van der Waals surface area contributed by atoms with Crippen molar-refractivity contribution in [3.8, 4) is 0 Å². The van der Waals surface area contributed by atoms with Crippen molar-refractivity contribution in [3.63, 3.8) is 0 Å². The van der Waals surface area contributed by atoms with E-state index in [-0.39, 0.29) is 73.0 Å². The minimum Gasteiger partial charge on any atom is -0.451 e. The molecule has 0 spiro atoms. The Morgan fingerprint density at radius 1 is 0.420 bits per heavy atom. The van der Waals surface area contributed by atoms with Crippen LogP contribution in [0.3, 0.4) is 0 Å². The number of hydrogen-bond donors (Lipinski definition) is 0. The van der Waals surface area contributed by atoms with Gasteiger partial charge in [0.2, 0.25) is 0 Å². The van der Waals surface area contributed by atoms with Gasteiger partial charge in [-0.3, -0.25) is 19.2 Å². The summed E-state index contributed by atoms with van der Waals surface area (Å²) >= 11 is 0. The maximum absolute atomic E-state index is 15.2. The lowest BCUT2D eigenvalue weighted by molar-refractivity contribution is -0.176. The molecule has 0 N–H and O–H groups in total. The molecule has 2 aromatic carbocycles. The Kier molecular flexibility index (Phi) is 24.9. The predicted molar refractivity (Wildman–Crippen MR) is 335 cm³/mol. The zero-order valence-corrected chi connectivity index (χ0v) is 56.0. The molecule has 1 saturated heterocycles. The molecule has 1 aliphatic heterocycles. The van der Waals surface area contributed by atoms with E-state index in [1.807, 2.05) is 121 Å². The van der Waals surface area contributed by atoms with Crippen molar-refractivity contribution in [3.05, 3.63) is 107 Å². The molecule has 88 heavy (non-hydrogen) atoms. The Bertz CT molecular complexity index is 3020. The van der Waals surface area contributed by atoms with Crippen molar-refractivity contribution >= 4 is 47.5 Å². The number of imidazole rings is 2. The normalized spacial score (nSPS) is 22.6. The number of carbonyl (C=O) groups excluding carboxylic acids is 8. The molecule has 20 nitrogen and oxygen atoms in total. The molecule has 8 atom stereocenters. The maximum Gasteiger partial charge on any atom is 0.329 e. The molecule has 20 heteroatoms. The molecule has 484 valence electrons. The number of rotatable bonds is 16. The minimum atomic E-state index is -1.55. The summed E-state index contributed by atoms with van der Waals surface area (Å²) in [5, 5.41) is 0. The molecule has 2 aromatic heterocycles. The van der Waals surface area contributed by atoms with Crippen LogP contribution in [0.4, 0.5) is 0 Å². The molecular formula is C68H100N8O12. The summed E-state index contributed by atoms with van der Waals surface area (Å²) in [5.74, 6) is -5.67. The fourth-order valence-corrected chi connectivity index (χ4v) is 11.1. The van der Waals surface area contributed by atoms with Gasteiger partial charge in [0.1, 0.15) is 35.8 Å². The topological polar surface area (TPSA) is 222 Å². The quantitative estimate of drug-likeness (QED) is 0.0756. The highest BCUT2D eigenvalue weighted by molar-refractivity contribution is 5.94. The van der Waals surface area contributed by atoms with Crippen LogP contribution in [-0.4, -0.2) is 163 Å². The molecular weight excluding hydrogens is 1120 g/mol. The van der Waals surface area contributed by atoms with Crippen LogP contribution in [-0.2, 0) is 94.1 Å². The summed E-state index contributed by atoms with van der Waals surface area (Å²) in [5.41, 5.74) is 2.61. The average molecular weight is 1220 g/mol. The third-order valence-electron chi connectivity index (χ3n) is 15.8. The van der Waals surface area contributed by atoms with E-state index in [4.69, 9.17) is 18.9 Å². The van der Waals surface area contributed by atoms with Crippen LogP contribution in [0.15, 0.2) is 73.3 Å². The zero-order valence-electron chi connectivity index (χ0n) is 56.0. The van der Waals surface area contributed by atoms with Crippen LogP contribution in [0, 0.1) is 23.7 Å². The molecule has 1 aliphatic rings. The first-order chi connectivity index (χ1) is 41.0. The first-order valence-electron chi connectivity index (χ1n) is 31.1. The molecule has 4 aromatic rings. The van der Waals surface area contributed by atoms with Crippen LogP contribution >= 0.6 is 0 Å². The van der Waals surface area contributed by atoms with Gasteiger partial charge in [-0.1, -0.05) is 145 Å². The number of aromatic nitrogens is 4. The van der Waals surface area contributed by atoms with E-state index in [2.05, 4.69) is 56.1 Å². The van der Waals surface area contributed by atoms with Gasteiger partial charge < -0.3 is 47.7 Å². The number of cyclic esters (lactones) is 4. The molecule has 0 aliphatic carbocycles. The van der Waals surface area contributed by atoms with Crippen molar-refractivity contribution in [1.29, 1.82) is 0 Å². The Morgan fingerprint density at radius 2 is 0.727 bits per heavy atom. The summed E-state index contributed by atoms with van der Waals surface area (Å²) in [6, 6.07) is 9.83. The SMILES string of the molecule is CC(C)C[C@H]1C(=O)O[C@H](Cc2cccc(Cn3ccnc3C(C)(C)C)c2)C(=O)N(C)[C@@H](CC(C)C)C(=O)O[C@H](C)C(=O)N(C)[C@@H](CC(C)C)C(=O)O[C@H](Cc2ccc(Cn3ccnc3C(C)(C)C)cc2)C(=O)N(C)[C@@H](CC(C)C)C(=O)O[C@H](C)C(=O)N1C. The molecule has 0 unspecified atom stereocenters. The summed E-state index contributed by atoms with van der Waals surface area (Å²) in [7, 11) is 5.62. The van der Waals surface area contributed by atoms with Gasteiger partial charge in [0, 0.05) is 89.7 Å². The van der Waals surface area contributed by atoms with E-state index >= 15 is 9.59 Å². The zero-order chi connectivity index (χ0) is 65.9. The highest BCUT2D eigenvalue weighted by Gasteiger charge is 2.43. The molecule has 0 bridgehead atoms. The minimum absolute atomic E-state index is 0.0779. The molecule has 0 saturated carbocycles. The number of carbonyl (C=O) groups is 8. The van der Waals surface area contributed by atoms with Crippen LogP contribution in [0.1, 0.15) is 170 Å². The second-order valence-corrected chi connectivity index (χ2v) is 27.7. The Morgan fingerprint density at radius 3 is 1.08 bits per heavy atom. The Labute approximate surface area is 522 Å². The number of likely N-dealkylation sites (N-methyl/N-ethyl adjacent to an activating group) is 4. The number of amides is 4. The van der Waals surface area contributed by atoms with Gasteiger partial charge in [-0.05, 0) is 85.5 Å². The van der Waals surface area contributed by atoms with E-state index in [1.54, 1.807) is 12.4 Å². The number of hydrogen-bond acceptors (Lipinski definition) is 14. The molecule has 4 amide bonds. The van der Waals surface area contributed by atoms with Crippen LogP contribution in [0.5, 0.6) is 0 Å².